The molecule has 0 aliphatic carbocycles. The average molecular weight is 479 g/mol. The Morgan fingerprint density at radius 3 is 2.56 bits per heavy atom. The number of aryl methyl sites for hydroxylation is 1. The van der Waals surface area contributed by atoms with Crippen LogP contribution in [0.25, 0.3) is 11.8 Å². The maximum absolute atomic E-state index is 12.9. The van der Waals surface area contributed by atoms with Gasteiger partial charge in [-0.25, -0.2) is 0 Å². The largest absolute Gasteiger partial charge is 0.497 e. The third kappa shape index (κ3) is 3.67. The minimum Gasteiger partial charge on any atom is -0.497 e. The summed E-state index contributed by atoms with van der Waals surface area (Å²) in [5.74, 6) is 1.04. The monoisotopic (exact) mass is 478 g/mol. The van der Waals surface area contributed by atoms with Gasteiger partial charge in [0.05, 0.1) is 25.5 Å². The highest BCUT2D eigenvalue weighted by molar-refractivity contribution is 8.26. The van der Waals surface area contributed by atoms with Gasteiger partial charge in [0.1, 0.15) is 11.5 Å². The Morgan fingerprint density at radius 1 is 1.09 bits per heavy atom. The number of benzene rings is 1. The van der Waals surface area contributed by atoms with Crippen LogP contribution in [0.15, 0.2) is 39.9 Å². The summed E-state index contributed by atoms with van der Waals surface area (Å²) >= 11 is 1.36. The minimum absolute atomic E-state index is 0.0421. The highest BCUT2D eigenvalue weighted by Crippen LogP contribution is 2.34. The number of amidine groups is 3. The Kier molecular flexibility index (Phi) is 5.68. The van der Waals surface area contributed by atoms with E-state index in [1.165, 1.54) is 16.8 Å². The van der Waals surface area contributed by atoms with Crippen LogP contribution in [-0.2, 0) is 4.79 Å². The first kappa shape index (κ1) is 22.3. The van der Waals surface area contributed by atoms with E-state index in [0.717, 1.165) is 53.7 Å². The van der Waals surface area contributed by atoms with Gasteiger partial charge in [0.25, 0.3) is 5.91 Å². The van der Waals surface area contributed by atoms with Gasteiger partial charge in [-0.2, -0.15) is 10.0 Å². The first-order chi connectivity index (χ1) is 16.4. The molecular weight excluding hydrogens is 452 g/mol. The van der Waals surface area contributed by atoms with Gasteiger partial charge in [-0.1, -0.05) is 0 Å². The van der Waals surface area contributed by atoms with Gasteiger partial charge in [0.15, 0.2) is 11.0 Å². The summed E-state index contributed by atoms with van der Waals surface area (Å²) in [5.41, 5.74) is 3.74. The van der Waals surface area contributed by atoms with Crippen molar-refractivity contribution in [2.45, 2.75) is 26.7 Å². The third-order valence-electron chi connectivity index (χ3n) is 6.22. The van der Waals surface area contributed by atoms with E-state index in [4.69, 9.17) is 14.9 Å². The van der Waals surface area contributed by atoms with E-state index in [1.807, 2.05) is 38.1 Å². The number of aromatic nitrogens is 1. The van der Waals surface area contributed by atoms with Gasteiger partial charge in [0, 0.05) is 30.5 Å². The molecule has 9 nitrogen and oxygen atoms in total. The quantitative estimate of drug-likeness (QED) is 0.672. The molecule has 3 aliphatic rings. The number of hydrogen-bond donors (Lipinski definition) is 1. The fraction of sp³-hybridized carbons (Fsp3) is 0.333. The highest BCUT2D eigenvalue weighted by Gasteiger charge is 2.37. The first-order valence-corrected chi connectivity index (χ1v) is 11.9. The molecule has 0 bridgehead atoms. The molecule has 1 aromatic heterocycles. The standard InChI is InChI=1S/C24H26N6O3S/c1-14-11-16(15(2)29(14)19-13-17(32-3)7-8-20(19)33-4)12-18-21(25)30-23(26-22(18)31)34-24(27-30)28-9-5-6-10-28/h7-8,11-13,25H,5-6,9-10H2,1-4H3/b18-12-,25-21?. The topological polar surface area (TPSA) is 95.5 Å². The fourth-order valence-corrected chi connectivity index (χ4v) is 5.39. The smallest absolute Gasteiger partial charge is 0.283 e. The van der Waals surface area contributed by atoms with Crippen LogP contribution in [0, 0.1) is 19.3 Å². The zero-order valence-electron chi connectivity index (χ0n) is 19.6. The Morgan fingerprint density at radius 2 is 1.85 bits per heavy atom. The van der Waals surface area contributed by atoms with Crippen molar-refractivity contribution >= 4 is 39.9 Å². The Bertz CT molecular complexity index is 1290. The van der Waals surface area contributed by atoms with Crippen LogP contribution in [0.4, 0.5) is 0 Å². The summed E-state index contributed by atoms with van der Waals surface area (Å²) in [7, 11) is 3.26. The van der Waals surface area contributed by atoms with Crippen molar-refractivity contribution in [1.29, 1.82) is 5.41 Å². The molecule has 0 atom stereocenters. The number of amides is 1. The molecule has 1 saturated heterocycles. The van der Waals surface area contributed by atoms with E-state index < -0.39 is 5.91 Å². The van der Waals surface area contributed by atoms with Crippen molar-refractivity contribution < 1.29 is 14.3 Å². The second-order valence-corrected chi connectivity index (χ2v) is 9.23. The van der Waals surface area contributed by atoms with Crippen molar-refractivity contribution in [3.8, 4) is 17.2 Å². The number of carbonyl (C=O) groups excluding carboxylic acids is 1. The lowest BCUT2D eigenvalue weighted by atomic mass is 10.1. The lowest BCUT2D eigenvalue weighted by Crippen LogP contribution is -2.35. The lowest BCUT2D eigenvalue weighted by Gasteiger charge is -2.20. The number of nitrogens with zero attached hydrogens (tertiary/aromatic N) is 5. The summed E-state index contributed by atoms with van der Waals surface area (Å²) < 4.78 is 13.0. The van der Waals surface area contributed by atoms with Crippen LogP contribution in [-0.4, -0.2) is 63.9 Å². The first-order valence-electron chi connectivity index (χ1n) is 11.1. The molecule has 0 saturated carbocycles. The normalized spacial score (nSPS) is 19.0. The zero-order chi connectivity index (χ0) is 24.0. The zero-order valence-corrected chi connectivity index (χ0v) is 20.4. The molecule has 1 fully saturated rings. The number of thioether (sulfide) groups is 1. The third-order valence-corrected chi connectivity index (χ3v) is 7.19. The van der Waals surface area contributed by atoms with E-state index in [2.05, 4.69) is 19.6 Å². The SMILES string of the molecule is COc1ccc(OC)c(-n2c(C)cc(/C=C3/C(=N)N4N=C(N5CCCC5)SC4=NC3=O)c2C)c1. The molecule has 3 aliphatic heterocycles. The maximum atomic E-state index is 12.9. The number of methoxy groups -OCH3 is 2. The lowest BCUT2D eigenvalue weighted by molar-refractivity contribution is -0.114. The summed E-state index contributed by atoms with van der Waals surface area (Å²) in [6.45, 7) is 5.84. The van der Waals surface area contributed by atoms with Crippen LogP contribution in [0.1, 0.15) is 29.8 Å². The summed E-state index contributed by atoms with van der Waals surface area (Å²) in [4.78, 5) is 19.3. The Hall–Kier alpha value is -3.53. The number of aliphatic imine (C=N–C) groups is 1. The predicted molar refractivity (Wildman–Crippen MR) is 134 cm³/mol. The number of rotatable bonds is 4. The molecule has 0 spiro atoms. The molecule has 1 amide bonds. The van der Waals surface area contributed by atoms with E-state index >= 15 is 0 Å². The minimum atomic E-state index is -0.426. The average Bonchev–Trinajstić information content (AvgIpc) is 3.56. The van der Waals surface area contributed by atoms with Gasteiger partial charge in [-0.3, -0.25) is 10.2 Å². The second-order valence-electron chi connectivity index (χ2n) is 8.30. The molecule has 1 aromatic carbocycles. The van der Waals surface area contributed by atoms with Crippen molar-refractivity contribution in [1.82, 2.24) is 14.5 Å². The van der Waals surface area contributed by atoms with Crippen molar-refractivity contribution in [2.24, 2.45) is 10.1 Å². The number of hydrogen-bond acceptors (Lipinski definition) is 7. The van der Waals surface area contributed by atoms with Gasteiger partial charge in [-0.15, -0.1) is 5.10 Å². The van der Waals surface area contributed by atoms with E-state index in [9.17, 15) is 4.79 Å². The van der Waals surface area contributed by atoms with Crippen LogP contribution in [0.2, 0.25) is 0 Å². The van der Waals surface area contributed by atoms with Crippen molar-refractivity contribution in [2.75, 3.05) is 27.3 Å². The van der Waals surface area contributed by atoms with Gasteiger partial charge >= 0.3 is 0 Å². The number of ether oxygens (including phenoxy) is 2. The summed E-state index contributed by atoms with van der Waals surface area (Å²) in [5, 5.41) is 16.0. The van der Waals surface area contributed by atoms with Crippen LogP contribution < -0.4 is 9.47 Å². The number of likely N-dealkylation sites (tertiary alicyclic amines) is 1. The van der Waals surface area contributed by atoms with Crippen LogP contribution in [0.5, 0.6) is 11.5 Å². The molecule has 2 aromatic rings. The fourth-order valence-electron chi connectivity index (χ4n) is 4.45. The highest BCUT2D eigenvalue weighted by atomic mass is 32.2. The molecule has 0 radical (unpaired) electrons. The van der Waals surface area contributed by atoms with Gasteiger partial charge in [0.2, 0.25) is 5.17 Å². The number of fused-ring (bicyclic) bond motifs is 1. The Balaban J connectivity index is 1.52. The number of carbonyl (C=O) groups is 1. The second kappa shape index (κ2) is 8.68. The molecule has 5 rings (SSSR count). The molecule has 34 heavy (non-hydrogen) atoms. The van der Waals surface area contributed by atoms with Crippen LogP contribution >= 0.6 is 11.8 Å². The molecule has 176 valence electrons. The van der Waals surface area contributed by atoms with Crippen LogP contribution in [0.3, 0.4) is 0 Å². The molecule has 10 heteroatoms. The van der Waals surface area contributed by atoms with Gasteiger partial charge < -0.3 is 18.9 Å². The maximum Gasteiger partial charge on any atom is 0.283 e. The van der Waals surface area contributed by atoms with E-state index in [1.54, 1.807) is 20.3 Å². The predicted octanol–water partition coefficient (Wildman–Crippen LogP) is 3.78. The molecule has 4 heterocycles. The molecule has 1 N–H and O–H groups in total. The van der Waals surface area contributed by atoms with E-state index in [0.29, 0.717) is 16.7 Å². The van der Waals surface area contributed by atoms with Crippen molar-refractivity contribution in [3.05, 3.63) is 46.8 Å². The number of nitrogens with one attached hydrogen (secondary N) is 1. The summed E-state index contributed by atoms with van der Waals surface area (Å²) in [6.07, 6.45) is 3.98. The molecule has 0 unspecified atom stereocenters. The van der Waals surface area contributed by atoms with Crippen molar-refractivity contribution in [3.63, 3.8) is 0 Å². The Labute approximate surface area is 202 Å². The van der Waals surface area contributed by atoms with Gasteiger partial charge in [-0.05, 0) is 68.3 Å². The summed E-state index contributed by atoms with van der Waals surface area (Å²) in [6, 6.07) is 7.61. The van der Waals surface area contributed by atoms with E-state index in [-0.39, 0.29) is 11.4 Å². The number of hydrazone groups is 1. The molecular formula is C24H26N6O3S.